The molecule has 7 nitrogen and oxygen atoms in total. The Bertz CT molecular complexity index is 1100. The molecule has 1 fully saturated rings. The molecule has 1 heterocycles. The number of hydrogen-bond acceptors (Lipinski definition) is 4. The Morgan fingerprint density at radius 2 is 1.90 bits per heavy atom. The number of amides is 3. The third-order valence-electron chi connectivity index (χ3n) is 5.44. The molecule has 0 radical (unpaired) electrons. The zero-order valence-electron chi connectivity index (χ0n) is 16.2. The number of halogens is 1. The number of anilines is 1. The normalized spacial score (nSPS) is 18.4. The first-order chi connectivity index (χ1) is 14.3. The van der Waals surface area contributed by atoms with Crippen LogP contribution in [0.3, 0.4) is 0 Å². The maximum atomic E-state index is 13.0. The minimum Gasteiger partial charge on any atom is -0.349 e. The molecule has 3 amide bonds. The van der Waals surface area contributed by atoms with Crippen LogP contribution in [0.1, 0.15) is 48.0 Å². The lowest BCUT2D eigenvalue weighted by molar-refractivity contribution is 0.0927. The Balaban J connectivity index is 1.55. The molecule has 9 heteroatoms. The van der Waals surface area contributed by atoms with E-state index in [9.17, 15) is 18.0 Å². The van der Waals surface area contributed by atoms with Crippen molar-refractivity contribution in [1.82, 2.24) is 9.62 Å². The van der Waals surface area contributed by atoms with Gasteiger partial charge in [-0.25, -0.2) is 17.5 Å². The van der Waals surface area contributed by atoms with E-state index in [1.807, 2.05) is 0 Å². The largest absolute Gasteiger partial charge is 0.349 e. The molecule has 1 aliphatic carbocycles. The highest BCUT2D eigenvalue weighted by atomic mass is 35.5. The first-order valence-electron chi connectivity index (χ1n) is 9.88. The van der Waals surface area contributed by atoms with Gasteiger partial charge in [-0.3, -0.25) is 4.79 Å². The summed E-state index contributed by atoms with van der Waals surface area (Å²) in [5.41, 5.74) is 1.17. The van der Waals surface area contributed by atoms with Gasteiger partial charge in [0.1, 0.15) is 4.90 Å². The van der Waals surface area contributed by atoms with Crippen LogP contribution < -0.4 is 10.6 Å². The molecule has 1 saturated carbocycles. The quantitative estimate of drug-likeness (QED) is 0.736. The molecule has 158 valence electrons. The zero-order chi connectivity index (χ0) is 21.3. The summed E-state index contributed by atoms with van der Waals surface area (Å²) in [6.07, 6.45) is 5.36. The van der Waals surface area contributed by atoms with E-state index in [0.717, 1.165) is 30.0 Å². The number of nitrogens with one attached hydrogen (secondary N) is 2. The lowest BCUT2D eigenvalue weighted by Gasteiger charge is -2.29. The van der Waals surface area contributed by atoms with Crippen LogP contribution in [-0.2, 0) is 16.6 Å². The van der Waals surface area contributed by atoms with Crippen molar-refractivity contribution in [1.29, 1.82) is 0 Å². The van der Waals surface area contributed by atoms with Crippen molar-refractivity contribution in [3.8, 4) is 0 Å². The summed E-state index contributed by atoms with van der Waals surface area (Å²) < 4.78 is 26.7. The summed E-state index contributed by atoms with van der Waals surface area (Å²) in [7, 11) is -4.07. The molecule has 0 bridgehead atoms. The number of urea groups is 1. The summed E-state index contributed by atoms with van der Waals surface area (Å²) in [6.45, 7) is -0.190. The second kappa shape index (κ2) is 8.28. The highest BCUT2D eigenvalue weighted by molar-refractivity contribution is 7.90. The molecule has 4 rings (SSSR count). The van der Waals surface area contributed by atoms with Gasteiger partial charge in [-0.15, -0.1) is 0 Å². The minimum absolute atomic E-state index is 0.0548. The van der Waals surface area contributed by atoms with E-state index < -0.39 is 16.1 Å². The van der Waals surface area contributed by atoms with Gasteiger partial charge in [-0.2, -0.15) is 0 Å². The van der Waals surface area contributed by atoms with Gasteiger partial charge >= 0.3 is 6.03 Å². The predicted molar refractivity (Wildman–Crippen MR) is 114 cm³/mol. The molecular weight excluding hydrogens is 426 g/mol. The van der Waals surface area contributed by atoms with E-state index in [1.165, 1.54) is 24.6 Å². The van der Waals surface area contributed by atoms with Crippen molar-refractivity contribution < 1.29 is 18.0 Å². The van der Waals surface area contributed by atoms with E-state index in [2.05, 4.69) is 10.6 Å². The fourth-order valence-electron chi connectivity index (χ4n) is 3.87. The van der Waals surface area contributed by atoms with Crippen molar-refractivity contribution in [3.63, 3.8) is 0 Å². The second-order valence-corrected chi connectivity index (χ2v) is 9.86. The topological polar surface area (TPSA) is 95.6 Å². The smallest absolute Gasteiger partial charge is 0.336 e. The summed E-state index contributed by atoms with van der Waals surface area (Å²) in [6, 6.07) is 10.4. The number of rotatable bonds is 4. The Kier molecular flexibility index (Phi) is 5.71. The molecule has 2 aromatic rings. The number of sulfonamides is 1. The monoisotopic (exact) mass is 447 g/mol. The predicted octanol–water partition coefficient (Wildman–Crippen LogP) is 4.14. The van der Waals surface area contributed by atoms with E-state index in [0.29, 0.717) is 11.1 Å². The van der Waals surface area contributed by atoms with E-state index in [-0.39, 0.29) is 34.1 Å². The van der Waals surface area contributed by atoms with E-state index in [1.54, 1.807) is 24.3 Å². The van der Waals surface area contributed by atoms with Gasteiger partial charge in [-0.05, 0) is 48.7 Å². The minimum atomic E-state index is -4.07. The Morgan fingerprint density at radius 1 is 1.13 bits per heavy atom. The molecule has 0 saturated heterocycles. The van der Waals surface area contributed by atoms with Gasteiger partial charge in [-0.1, -0.05) is 43.0 Å². The maximum Gasteiger partial charge on any atom is 0.336 e. The Labute approximate surface area is 180 Å². The first kappa shape index (κ1) is 20.7. The number of benzene rings is 2. The van der Waals surface area contributed by atoms with E-state index in [4.69, 9.17) is 11.6 Å². The maximum absolute atomic E-state index is 13.0. The van der Waals surface area contributed by atoms with Crippen molar-refractivity contribution in [3.05, 3.63) is 58.6 Å². The van der Waals surface area contributed by atoms with Gasteiger partial charge in [0.05, 0.1) is 12.2 Å². The fraction of sp³-hybridized carbons (Fsp3) is 0.333. The number of carbonyl (C=O) groups excluding carboxylic acids is 2. The second-order valence-electron chi connectivity index (χ2n) is 7.59. The van der Waals surface area contributed by atoms with Crippen LogP contribution in [0, 0.1) is 0 Å². The van der Waals surface area contributed by atoms with Crippen LogP contribution in [0.5, 0.6) is 0 Å². The van der Waals surface area contributed by atoms with Crippen molar-refractivity contribution >= 4 is 39.2 Å². The van der Waals surface area contributed by atoms with Crippen LogP contribution >= 0.6 is 11.6 Å². The lowest BCUT2D eigenvalue weighted by atomic mass is 9.95. The lowest BCUT2D eigenvalue weighted by Crippen LogP contribution is -2.43. The van der Waals surface area contributed by atoms with Gasteiger partial charge in [0.15, 0.2) is 0 Å². The SMILES string of the molecule is O=C(NC1CCCCC1)c1cccc(CN2C(=O)Nc3ccc(Cl)cc3S2(=O)=O)c1. The number of nitrogens with zero attached hydrogens (tertiary/aromatic N) is 1. The van der Waals surface area contributed by atoms with Gasteiger partial charge in [0.2, 0.25) is 0 Å². The zero-order valence-corrected chi connectivity index (χ0v) is 17.8. The molecule has 2 N–H and O–H groups in total. The standard InChI is InChI=1S/C21H22ClN3O4S/c22-16-9-10-18-19(12-16)30(28,29)25(21(27)24-18)13-14-5-4-6-15(11-14)20(26)23-17-7-2-1-3-8-17/h4-6,9-12,17H,1-3,7-8,13H2,(H,23,26)(H,24,27). The third-order valence-corrected chi connectivity index (χ3v) is 7.44. The molecule has 2 aromatic carbocycles. The molecule has 2 aliphatic rings. The molecule has 0 atom stereocenters. The molecule has 1 aliphatic heterocycles. The third kappa shape index (κ3) is 4.15. The Hall–Kier alpha value is -2.58. The van der Waals surface area contributed by atoms with Crippen molar-refractivity contribution in [2.75, 3.05) is 5.32 Å². The van der Waals surface area contributed by atoms with Crippen LogP contribution in [0.25, 0.3) is 0 Å². The number of fused-ring (bicyclic) bond motifs is 1. The van der Waals surface area contributed by atoms with Crippen molar-refractivity contribution in [2.45, 2.75) is 49.6 Å². The van der Waals surface area contributed by atoms with Crippen LogP contribution in [0.4, 0.5) is 10.5 Å². The first-order valence-corrected chi connectivity index (χ1v) is 11.7. The van der Waals surface area contributed by atoms with Gasteiger partial charge < -0.3 is 10.6 Å². The highest BCUT2D eigenvalue weighted by Gasteiger charge is 2.36. The molecule has 0 unspecified atom stereocenters. The average Bonchev–Trinajstić information content (AvgIpc) is 2.73. The molecule has 0 aromatic heterocycles. The summed E-state index contributed by atoms with van der Waals surface area (Å²) in [5.74, 6) is -0.188. The van der Waals surface area contributed by atoms with Crippen LogP contribution in [-0.4, -0.2) is 30.7 Å². The fourth-order valence-corrected chi connectivity index (χ4v) is 5.60. The van der Waals surface area contributed by atoms with Crippen LogP contribution in [0.15, 0.2) is 47.4 Å². The van der Waals surface area contributed by atoms with Gasteiger partial charge in [0, 0.05) is 16.6 Å². The highest BCUT2D eigenvalue weighted by Crippen LogP contribution is 2.33. The molecule has 0 spiro atoms. The van der Waals surface area contributed by atoms with E-state index >= 15 is 0 Å². The summed E-state index contributed by atoms with van der Waals surface area (Å²) in [4.78, 5) is 25.0. The summed E-state index contributed by atoms with van der Waals surface area (Å²) in [5, 5.41) is 5.88. The Morgan fingerprint density at radius 3 is 2.67 bits per heavy atom. The summed E-state index contributed by atoms with van der Waals surface area (Å²) >= 11 is 5.94. The van der Waals surface area contributed by atoms with Gasteiger partial charge in [0.25, 0.3) is 15.9 Å². The van der Waals surface area contributed by atoms with Crippen LogP contribution in [0.2, 0.25) is 5.02 Å². The number of carbonyl (C=O) groups is 2. The molecular formula is C21H22ClN3O4S. The average molecular weight is 448 g/mol. The number of hydrogen-bond donors (Lipinski definition) is 2. The molecule has 30 heavy (non-hydrogen) atoms. The van der Waals surface area contributed by atoms with Crippen molar-refractivity contribution in [2.24, 2.45) is 0 Å².